The van der Waals surface area contributed by atoms with E-state index in [1.54, 1.807) is 0 Å². The number of unbranched alkanes of at least 4 members (excludes halogenated alkanes) is 3. The predicted molar refractivity (Wildman–Crippen MR) is 101 cm³/mol. The molecule has 0 N–H and O–H groups in total. The van der Waals surface area contributed by atoms with Gasteiger partial charge in [0.25, 0.3) is 0 Å². The highest BCUT2D eigenvalue weighted by Crippen LogP contribution is 2.47. The molecular weight excluding hydrogens is 296 g/mol. The highest BCUT2D eigenvalue weighted by atomic mass is 16.5. The molecule has 0 saturated carbocycles. The molecule has 0 unspecified atom stereocenters. The smallest absolute Gasteiger partial charge is 0.124 e. The van der Waals surface area contributed by atoms with Gasteiger partial charge in [-0.05, 0) is 47.3 Å². The van der Waals surface area contributed by atoms with Crippen LogP contribution in [0.1, 0.15) is 89.8 Å². The lowest BCUT2D eigenvalue weighted by molar-refractivity contribution is -0.107. The Hall–Kier alpha value is -1.31. The molecule has 0 aliphatic heterocycles. The molecule has 2 heteroatoms. The van der Waals surface area contributed by atoms with Crippen LogP contribution >= 0.6 is 0 Å². The molecule has 1 aliphatic carbocycles. The Morgan fingerprint density at radius 3 is 2.21 bits per heavy atom. The summed E-state index contributed by atoms with van der Waals surface area (Å²) in [4.78, 5) is 11.1. The summed E-state index contributed by atoms with van der Waals surface area (Å²) in [7, 11) is 0. The van der Waals surface area contributed by atoms with E-state index in [0.29, 0.717) is 6.42 Å². The molecule has 24 heavy (non-hydrogen) atoms. The zero-order chi connectivity index (χ0) is 17.8. The van der Waals surface area contributed by atoms with Crippen LogP contribution < -0.4 is 4.74 Å². The first-order valence-corrected chi connectivity index (χ1v) is 9.56. The molecule has 0 heterocycles. The Morgan fingerprint density at radius 2 is 1.62 bits per heavy atom. The molecule has 0 aromatic heterocycles. The van der Waals surface area contributed by atoms with Crippen LogP contribution in [0.4, 0.5) is 0 Å². The van der Waals surface area contributed by atoms with E-state index >= 15 is 0 Å². The Kier molecular flexibility index (Phi) is 6.11. The van der Waals surface area contributed by atoms with E-state index in [2.05, 4.69) is 46.8 Å². The second-order valence-electron chi connectivity index (χ2n) is 8.55. The zero-order valence-electron chi connectivity index (χ0n) is 16.2. The molecule has 0 amide bonds. The highest BCUT2D eigenvalue weighted by Gasteiger charge is 2.37. The fourth-order valence-electron chi connectivity index (χ4n) is 3.73. The van der Waals surface area contributed by atoms with Crippen molar-refractivity contribution < 1.29 is 9.53 Å². The lowest BCUT2D eigenvalue weighted by atomic mass is 9.63. The SMILES string of the molecule is CCCCCCOc1cc2c(cc1CC=O)C(C)(C)CCC2(C)C. The van der Waals surface area contributed by atoms with Crippen molar-refractivity contribution in [2.45, 2.75) is 90.4 Å². The molecule has 0 saturated heterocycles. The highest BCUT2D eigenvalue weighted by molar-refractivity contribution is 5.60. The molecule has 2 rings (SSSR count). The van der Waals surface area contributed by atoms with Crippen molar-refractivity contribution in [2.24, 2.45) is 0 Å². The Balaban J connectivity index is 2.31. The summed E-state index contributed by atoms with van der Waals surface area (Å²) in [6.45, 7) is 12.2. The molecular formula is C22H34O2. The molecule has 0 bridgehead atoms. The van der Waals surface area contributed by atoms with E-state index in [4.69, 9.17) is 4.74 Å². The lowest BCUT2D eigenvalue weighted by Gasteiger charge is -2.42. The van der Waals surface area contributed by atoms with Crippen LogP contribution in [0.2, 0.25) is 0 Å². The van der Waals surface area contributed by atoms with Crippen molar-refractivity contribution in [2.75, 3.05) is 6.61 Å². The van der Waals surface area contributed by atoms with Crippen molar-refractivity contribution in [1.82, 2.24) is 0 Å². The van der Waals surface area contributed by atoms with Gasteiger partial charge in [0, 0.05) is 12.0 Å². The van der Waals surface area contributed by atoms with E-state index < -0.39 is 0 Å². The third-order valence-corrected chi connectivity index (χ3v) is 5.59. The first kappa shape index (κ1) is 19.0. The third-order valence-electron chi connectivity index (χ3n) is 5.59. The minimum atomic E-state index is 0.169. The Bertz CT molecular complexity index is 570. The summed E-state index contributed by atoms with van der Waals surface area (Å²) in [6, 6.07) is 4.47. The number of rotatable bonds is 8. The van der Waals surface area contributed by atoms with Gasteiger partial charge in [0.1, 0.15) is 12.0 Å². The number of fused-ring (bicyclic) bond motifs is 1. The quantitative estimate of drug-likeness (QED) is 0.449. The van der Waals surface area contributed by atoms with Crippen molar-refractivity contribution in [3.05, 3.63) is 28.8 Å². The van der Waals surface area contributed by atoms with Gasteiger partial charge < -0.3 is 9.53 Å². The predicted octanol–water partition coefficient (Wildman–Crippen LogP) is 5.74. The van der Waals surface area contributed by atoms with Crippen molar-refractivity contribution >= 4 is 6.29 Å². The molecule has 0 atom stereocenters. The summed E-state index contributed by atoms with van der Waals surface area (Å²) < 4.78 is 6.10. The van der Waals surface area contributed by atoms with Gasteiger partial charge in [0.15, 0.2) is 0 Å². The third kappa shape index (κ3) is 4.20. The molecule has 0 radical (unpaired) electrons. The van der Waals surface area contributed by atoms with Gasteiger partial charge in [0.05, 0.1) is 6.61 Å². The van der Waals surface area contributed by atoms with E-state index in [1.165, 1.54) is 43.2 Å². The van der Waals surface area contributed by atoms with Crippen molar-refractivity contribution in [3.8, 4) is 5.75 Å². The summed E-state index contributed by atoms with van der Waals surface area (Å²) in [5, 5.41) is 0. The molecule has 2 nitrogen and oxygen atoms in total. The van der Waals surface area contributed by atoms with Crippen LogP contribution in [0, 0.1) is 0 Å². The van der Waals surface area contributed by atoms with Crippen LogP contribution in [0.3, 0.4) is 0 Å². The molecule has 0 spiro atoms. The molecule has 134 valence electrons. The number of hydrogen-bond donors (Lipinski definition) is 0. The second-order valence-corrected chi connectivity index (χ2v) is 8.55. The van der Waals surface area contributed by atoms with Gasteiger partial charge in [-0.2, -0.15) is 0 Å². The second kappa shape index (κ2) is 7.72. The van der Waals surface area contributed by atoms with Gasteiger partial charge >= 0.3 is 0 Å². The summed E-state index contributed by atoms with van der Waals surface area (Å²) in [5.74, 6) is 0.920. The first-order valence-electron chi connectivity index (χ1n) is 9.56. The fraction of sp³-hybridized carbons (Fsp3) is 0.682. The Labute approximate surface area is 148 Å². The van der Waals surface area contributed by atoms with E-state index in [1.807, 2.05) is 0 Å². The van der Waals surface area contributed by atoms with Crippen LogP contribution in [0.25, 0.3) is 0 Å². The van der Waals surface area contributed by atoms with Crippen LogP contribution in [0.15, 0.2) is 12.1 Å². The number of benzene rings is 1. The first-order chi connectivity index (χ1) is 11.3. The van der Waals surface area contributed by atoms with Gasteiger partial charge in [-0.15, -0.1) is 0 Å². The van der Waals surface area contributed by atoms with Gasteiger partial charge in [-0.1, -0.05) is 59.9 Å². The molecule has 0 fully saturated rings. The van der Waals surface area contributed by atoms with Crippen molar-refractivity contribution in [1.29, 1.82) is 0 Å². The number of ether oxygens (including phenoxy) is 1. The molecule has 1 aliphatic rings. The average molecular weight is 331 g/mol. The van der Waals surface area contributed by atoms with E-state index in [9.17, 15) is 4.79 Å². The monoisotopic (exact) mass is 330 g/mol. The number of carbonyl (C=O) groups is 1. The Morgan fingerprint density at radius 1 is 1.00 bits per heavy atom. The van der Waals surface area contributed by atoms with Crippen LogP contribution in [-0.4, -0.2) is 12.9 Å². The maximum atomic E-state index is 11.1. The van der Waals surface area contributed by atoms with Gasteiger partial charge in [-0.3, -0.25) is 0 Å². The van der Waals surface area contributed by atoms with Crippen LogP contribution in [-0.2, 0) is 22.0 Å². The minimum Gasteiger partial charge on any atom is -0.493 e. The summed E-state index contributed by atoms with van der Waals surface area (Å²) >= 11 is 0. The topological polar surface area (TPSA) is 26.3 Å². The average Bonchev–Trinajstić information content (AvgIpc) is 2.53. The number of hydrogen-bond acceptors (Lipinski definition) is 2. The minimum absolute atomic E-state index is 0.169. The van der Waals surface area contributed by atoms with Crippen LogP contribution in [0.5, 0.6) is 5.75 Å². The maximum Gasteiger partial charge on any atom is 0.124 e. The van der Waals surface area contributed by atoms with Gasteiger partial charge in [0.2, 0.25) is 0 Å². The largest absolute Gasteiger partial charge is 0.493 e. The standard InChI is InChI=1S/C22H34O2/c1-6-7-8-9-14-24-20-16-19-18(15-17(20)10-13-23)21(2,3)11-12-22(19,4)5/h13,15-16H,6-12,14H2,1-5H3. The molecule has 1 aromatic rings. The fourth-order valence-corrected chi connectivity index (χ4v) is 3.73. The van der Waals surface area contributed by atoms with Crippen molar-refractivity contribution in [3.63, 3.8) is 0 Å². The number of carbonyl (C=O) groups excluding carboxylic acids is 1. The van der Waals surface area contributed by atoms with E-state index in [0.717, 1.165) is 30.6 Å². The molecule has 1 aromatic carbocycles. The van der Waals surface area contributed by atoms with Gasteiger partial charge in [-0.25, -0.2) is 0 Å². The zero-order valence-corrected chi connectivity index (χ0v) is 16.2. The van der Waals surface area contributed by atoms with E-state index in [-0.39, 0.29) is 10.8 Å². The maximum absolute atomic E-state index is 11.1. The normalized spacial score (nSPS) is 18.0. The summed E-state index contributed by atoms with van der Waals surface area (Å²) in [6.07, 6.45) is 8.60. The lowest BCUT2D eigenvalue weighted by Crippen LogP contribution is -2.34. The number of aldehydes is 1. The summed E-state index contributed by atoms with van der Waals surface area (Å²) in [5.41, 5.74) is 4.18.